The maximum absolute atomic E-state index is 15.4. The Morgan fingerprint density at radius 1 is 0.379 bits per heavy atom. The Bertz CT molecular complexity index is 2140. The fourth-order valence-corrected chi connectivity index (χ4v) is 6.99. The topological polar surface area (TPSA) is 26.3 Å². The summed E-state index contributed by atoms with van der Waals surface area (Å²) in [5.74, 6) is -69.9. The van der Waals surface area contributed by atoms with Crippen LogP contribution in [0, 0.1) is 116 Å². The third-order valence-corrected chi connectivity index (χ3v) is 9.41. The molecule has 0 amide bonds. The van der Waals surface area contributed by atoms with E-state index < -0.39 is 154 Å². The van der Waals surface area contributed by atoms with Gasteiger partial charge in [0.15, 0.2) is 69.8 Å². The second-order valence-corrected chi connectivity index (χ2v) is 15.4. The number of halogens is 20. The molecule has 0 atom stereocenters. The highest BCUT2D eigenvalue weighted by Gasteiger charge is 2.52. The Kier molecular flexibility index (Phi) is 12.7. The zero-order chi connectivity index (χ0) is 44.3. The quantitative estimate of drug-likeness (QED) is 0.0549. The molecule has 2 nitrogen and oxygen atoms in total. The van der Waals surface area contributed by atoms with Gasteiger partial charge in [-0.2, -0.15) is 0 Å². The molecule has 0 aliphatic rings. The summed E-state index contributed by atoms with van der Waals surface area (Å²) in [5.41, 5.74) is -13.2. The Morgan fingerprint density at radius 3 is 0.741 bits per heavy atom. The van der Waals surface area contributed by atoms with E-state index in [1.54, 1.807) is 19.6 Å². The van der Waals surface area contributed by atoms with Gasteiger partial charge in [0.25, 0.3) is 0 Å². The molecule has 0 radical (unpaired) electrons. The van der Waals surface area contributed by atoms with Crippen molar-refractivity contribution < 1.29 is 96.8 Å². The maximum atomic E-state index is 15.4. The van der Waals surface area contributed by atoms with Crippen LogP contribution in [0.2, 0.25) is 0 Å². The highest BCUT2D eigenvalue weighted by Crippen LogP contribution is 2.30. The first-order valence-electron chi connectivity index (χ1n) is 15.0. The van der Waals surface area contributed by atoms with Crippen molar-refractivity contribution in [2.24, 2.45) is 0 Å². The Hall–Kier alpha value is -5.29. The van der Waals surface area contributed by atoms with E-state index in [9.17, 15) is 56.9 Å². The van der Waals surface area contributed by atoms with Gasteiger partial charge in [0.1, 0.15) is 76.7 Å². The lowest BCUT2D eigenvalue weighted by molar-refractivity contribution is 0.378. The van der Waals surface area contributed by atoms with E-state index >= 15 is 35.1 Å². The second kappa shape index (κ2) is 16.2. The number of ether oxygens (including phenoxy) is 1. The lowest BCUT2D eigenvalue weighted by atomic mass is 9.12. The van der Waals surface area contributed by atoms with Gasteiger partial charge in [0.05, 0.1) is 17.0 Å². The van der Waals surface area contributed by atoms with Gasteiger partial charge < -0.3 is 4.74 Å². The van der Waals surface area contributed by atoms with Crippen molar-refractivity contribution in [3.8, 4) is 5.75 Å². The summed E-state index contributed by atoms with van der Waals surface area (Å²) in [6, 6.07) is 7.68. The molecule has 0 bridgehead atoms. The average molecular weight is 878 g/mol. The van der Waals surface area contributed by atoms with Crippen molar-refractivity contribution in [1.29, 1.82) is 0 Å². The minimum absolute atomic E-state index is 0.636. The van der Waals surface area contributed by atoms with Crippen molar-refractivity contribution in [2.75, 3.05) is 19.6 Å². The largest absolute Gasteiger partial charge is 0.497 e. The van der Waals surface area contributed by atoms with Crippen molar-refractivity contribution in [2.45, 2.75) is 5.75 Å². The monoisotopic (exact) mass is 878 g/mol. The van der Waals surface area contributed by atoms with Crippen LogP contribution in [0.15, 0.2) is 24.3 Å². The van der Waals surface area contributed by atoms with Crippen LogP contribution in [-0.2, 0) is 19.9 Å². The van der Waals surface area contributed by atoms with Gasteiger partial charge in [-0.1, -0.05) is 12.1 Å². The summed E-state index contributed by atoms with van der Waals surface area (Å²) in [4.78, 5) is 0. The standard InChI is InChI=1S/C24BF20.C10H15O2S/c26-5-1(6(27)14(35)21(42)13(5)34)25(2-7(28)15(36)22(43)16(37)8(2)29,3-9(30)17(38)23(44)18(39)10(3)31)4-11(32)19(40)24(45)20(41)12(4)33;1-12-10-6-4-9(5-7-10)8-13(2,3)11/h;4-7H,8H2,1-3H3/q-1;+1. The van der Waals surface area contributed by atoms with Crippen LogP contribution < -0.4 is 26.6 Å². The van der Waals surface area contributed by atoms with Gasteiger partial charge in [-0.3, -0.25) is 0 Å². The fraction of sp³-hybridized carbons (Fsp3) is 0.118. The van der Waals surface area contributed by atoms with E-state index in [-0.39, 0.29) is 0 Å². The lowest BCUT2D eigenvalue weighted by Gasteiger charge is -2.44. The average Bonchev–Trinajstić information content (AvgIpc) is 3.17. The van der Waals surface area contributed by atoms with E-state index in [4.69, 9.17) is 4.74 Å². The third-order valence-electron chi connectivity index (χ3n) is 8.38. The zero-order valence-corrected chi connectivity index (χ0v) is 29.2. The minimum Gasteiger partial charge on any atom is -0.497 e. The molecular formula is C34H15BF20O2S. The van der Waals surface area contributed by atoms with E-state index in [1.807, 2.05) is 24.3 Å². The molecule has 0 heterocycles. The van der Waals surface area contributed by atoms with Crippen LogP contribution in [0.25, 0.3) is 0 Å². The Balaban J connectivity index is 0.000000486. The molecule has 0 aliphatic heterocycles. The molecule has 24 heteroatoms. The van der Waals surface area contributed by atoms with Crippen molar-refractivity contribution in [3.63, 3.8) is 0 Å². The molecule has 5 aromatic rings. The predicted octanol–water partition coefficient (Wildman–Crippen LogP) is 7.80. The number of rotatable bonds is 7. The molecule has 0 saturated heterocycles. The molecule has 0 aromatic heterocycles. The highest BCUT2D eigenvalue weighted by atomic mass is 32.2. The van der Waals surface area contributed by atoms with Crippen LogP contribution in [-0.4, -0.2) is 25.8 Å². The summed E-state index contributed by atoms with van der Waals surface area (Å²) in [7, 11) is -0.0509. The van der Waals surface area contributed by atoms with Crippen LogP contribution in [0.5, 0.6) is 5.75 Å². The molecule has 0 N–H and O–H groups in total. The molecular weight excluding hydrogens is 863 g/mol. The highest BCUT2D eigenvalue weighted by molar-refractivity contribution is 8.00. The molecule has 0 spiro atoms. The summed E-state index contributed by atoms with van der Waals surface area (Å²) < 4.78 is 310. The fourth-order valence-electron chi connectivity index (χ4n) is 6.00. The molecule has 58 heavy (non-hydrogen) atoms. The van der Waals surface area contributed by atoms with E-state index in [0.717, 1.165) is 11.3 Å². The summed E-state index contributed by atoms with van der Waals surface area (Å²) >= 11 is 0. The number of benzene rings is 5. The first-order valence-corrected chi connectivity index (χ1v) is 17.5. The van der Waals surface area contributed by atoms with Gasteiger partial charge in [-0.25, -0.2) is 87.8 Å². The van der Waals surface area contributed by atoms with E-state index in [0.29, 0.717) is 5.75 Å². The molecule has 0 unspecified atom stereocenters. The third kappa shape index (κ3) is 7.23. The van der Waals surface area contributed by atoms with Crippen LogP contribution in [0.3, 0.4) is 0 Å². The predicted molar refractivity (Wildman–Crippen MR) is 166 cm³/mol. The van der Waals surface area contributed by atoms with Crippen LogP contribution >= 0.6 is 0 Å². The molecule has 0 fully saturated rings. The van der Waals surface area contributed by atoms with Crippen LogP contribution in [0.4, 0.5) is 87.8 Å². The first kappa shape index (κ1) is 45.4. The molecule has 0 saturated carbocycles. The molecule has 5 aromatic carbocycles. The summed E-state index contributed by atoms with van der Waals surface area (Å²) in [6.45, 7) is 0. The Morgan fingerprint density at radius 2 is 0.569 bits per heavy atom. The summed E-state index contributed by atoms with van der Waals surface area (Å²) in [5, 5.41) is 0. The SMILES string of the molecule is COc1ccc(C[S+](C)(C)=O)cc1.Fc1c(F)c(F)c([B-](c2c(F)c(F)c(F)c(F)c2F)(c2c(F)c(F)c(F)c(F)c2F)c2c(F)c(F)c(F)c(F)c2F)c(F)c1F. The normalized spacial score (nSPS) is 11.8. The summed E-state index contributed by atoms with van der Waals surface area (Å²) in [6.07, 6.45) is -3.67. The van der Waals surface area contributed by atoms with Gasteiger partial charge in [-0.05, 0) is 12.1 Å². The number of methoxy groups -OCH3 is 1. The van der Waals surface area contributed by atoms with Crippen molar-refractivity contribution in [3.05, 3.63) is 146 Å². The van der Waals surface area contributed by atoms with Gasteiger partial charge in [0, 0.05) is 5.56 Å². The second-order valence-electron chi connectivity index (χ2n) is 12.2. The van der Waals surface area contributed by atoms with Crippen molar-refractivity contribution >= 4 is 37.9 Å². The lowest BCUT2D eigenvalue weighted by Crippen LogP contribution is -2.81. The van der Waals surface area contributed by atoms with E-state index in [2.05, 4.69) is 0 Å². The smallest absolute Gasteiger partial charge is 0.200 e. The van der Waals surface area contributed by atoms with Gasteiger partial charge in [0.2, 0.25) is 0 Å². The van der Waals surface area contributed by atoms with Crippen LogP contribution in [0.1, 0.15) is 5.56 Å². The molecule has 312 valence electrons. The van der Waals surface area contributed by atoms with E-state index in [1.165, 1.54) is 0 Å². The zero-order valence-electron chi connectivity index (χ0n) is 28.4. The number of hydrogen-bond donors (Lipinski definition) is 0. The van der Waals surface area contributed by atoms with Gasteiger partial charge in [-0.15, -0.1) is 26.1 Å². The maximum Gasteiger partial charge on any atom is 0.200 e. The van der Waals surface area contributed by atoms with Gasteiger partial charge >= 0.3 is 0 Å². The number of hydrogen-bond acceptors (Lipinski definition) is 2. The first-order chi connectivity index (χ1) is 26.7. The Labute approximate surface area is 312 Å². The molecule has 0 aliphatic carbocycles. The molecule has 5 rings (SSSR count). The minimum atomic E-state index is -7.22. The van der Waals surface area contributed by atoms with Crippen molar-refractivity contribution in [1.82, 2.24) is 0 Å².